The fraction of sp³-hybridized carbons (Fsp3) is 0.488. The molecule has 3 aliphatic heterocycles. The normalized spacial score (nSPS) is 19.1. The van der Waals surface area contributed by atoms with E-state index in [0.29, 0.717) is 19.6 Å². The number of rotatable bonds is 10. The lowest BCUT2D eigenvalue weighted by Gasteiger charge is -2.30. The molecular weight excluding hydrogens is 739 g/mol. The molecule has 4 N–H and O–H groups in total. The second kappa shape index (κ2) is 17.0. The van der Waals surface area contributed by atoms with Gasteiger partial charge in [0.2, 0.25) is 11.8 Å². The number of aromatic nitrogens is 4. The number of aromatic amines is 2. The van der Waals surface area contributed by atoms with Gasteiger partial charge in [-0.05, 0) is 72.9 Å². The van der Waals surface area contributed by atoms with Gasteiger partial charge in [-0.15, -0.1) is 0 Å². The molecule has 0 bridgehead atoms. The fourth-order valence-corrected chi connectivity index (χ4v) is 8.56. The number of benzene rings is 2. The van der Waals surface area contributed by atoms with Gasteiger partial charge in [0, 0.05) is 31.7 Å². The molecular formula is C43H55N9O6. The van der Waals surface area contributed by atoms with Crippen LogP contribution in [0.2, 0.25) is 0 Å². The highest BCUT2D eigenvalue weighted by Gasteiger charge is 2.39. The second-order valence-electron chi connectivity index (χ2n) is 16.3. The number of carbonyl (C=O) groups is 4. The number of likely N-dealkylation sites (tertiary alicyclic amines) is 2. The minimum Gasteiger partial charge on any atom is -0.453 e. The van der Waals surface area contributed by atoms with Gasteiger partial charge in [-0.25, -0.2) is 19.6 Å². The molecule has 0 aliphatic carbocycles. The summed E-state index contributed by atoms with van der Waals surface area (Å²) in [6, 6.07) is 13.1. The highest BCUT2D eigenvalue weighted by atomic mass is 16.5. The summed E-state index contributed by atoms with van der Waals surface area (Å²) in [5.74, 6) is 1.00. The summed E-state index contributed by atoms with van der Waals surface area (Å²) in [4.78, 5) is 74.3. The van der Waals surface area contributed by atoms with Gasteiger partial charge in [0.15, 0.2) is 0 Å². The summed E-state index contributed by atoms with van der Waals surface area (Å²) in [5.41, 5.74) is 8.16. The number of carbonyl (C=O) groups excluding carboxylic acids is 4. The SMILES string of the molecule is COC(=O)N[C@H](C(=O)N1CCC[C@@H]1c1nc2c([nH]1)CN(C)Cc1cc(-c3ccc(-c4cnc([C@@H]5CCCN5C(=O)[C@@H](NC(=O)OC)C(C)C)[nH]4)cc3)ccc1-2)C(C)C. The molecule has 4 atom stereocenters. The summed E-state index contributed by atoms with van der Waals surface area (Å²) in [6.07, 6.45) is 3.83. The Morgan fingerprint density at radius 2 is 1.29 bits per heavy atom. The fourth-order valence-electron chi connectivity index (χ4n) is 8.56. The van der Waals surface area contributed by atoms with E-state index < -0.39 is 24.3 Å². The number of nitrogens with one attached hydrogen (secondary N) is 4. The zero-order valence-electron chi connectivity index (χ0n) is 34.4. The highest BCUT2D eigenvalue weighted by Crippen LogP contribution is 2.39. The van der Waals surface area contributed by atoms with Crippen molar-refractivity contribution < 1.29 is 28.7 Å². The van der Waals surface area contributed by atoms with Crippen molar-refractivity contribution in [2.24, 2.45) is 11.8 Å². The second-order valence-corrected chi connectivity index (χ2v) is 16.3. The largest absolute Gasteiger partial charge is 0.453 e. The van der Waals surface area contributed by atoms with Gasteiger partial charge >= 0.3 is 12.2 Å². The Labute approximate surface area is 339 Å². The van der Waals surface area contributed by atoms with Crippen LogP contribution < -0.4 is 10.6 Å². The smallest absolute Gasteiger partial charge is 0.407 e. The number of amides is 4. The van der Waals surface area contributed by atoms with Crippen LogP contribution >= 0.6 is 0 Å². The lowest BCUT2D eigenvalue weighted by Crippen LogP contribution is -2.51. The molecule has 2 aromatic carbocycles. The van der Waals surface area contributed by atoms with E-state index in [0.717, 1.165) is 88.8 Å². The minimum absolute atomic E-state index is 0.107. The molecule has 15 heteroatoms. The average Bonchev–Trinajstić information content (AvgIpc) is 4.04. The molecule has 58 heavy (non-hydrogen) atoms. The number of H-pyrrole nitrogens is 2. The van der Waals surface area contributed by atoms with Crippen molar-refractivity contribution in [2.75, 3.05) is 34.4 Å². The van der Waals surface area contributed by atoms with Gasteiger partial charge in [0.1, 0.15) is 23.7 Å². The van der Waals surface area contributed by atoms with Crippen LogP contribution in [-0.4, -0.2) is 105 Å². The molecule has 2 fully saturated rings. The number of imidazole rings is 2. The molecule has 5 heterocycles. The van der Waals surface area contributed by atoms with Crippen molar-refractivity contribution in [2.45, 2.75) is 90.6 Å². The van der Waals surface area contributed by atoms with Crippen LogP contribution in [0.15, 0.2) is 48.7 Å². The van der Waals surface area contributed by atoms with E-state index in [1.165, 1.54) is 14.2 Å². The Balaban J connectivity index is 1.08. The molecule has 0 spiro atoms. The van der Waals surface area contributed by atoms with Crippen molar-refractivity contribution >= 4 is 24.0 Å². The average molecular weight is 794 g/mol. The Bertz CT molecular complexity index is 2140. The zero-order valence-corrected chi connectivity index (χ0v) is 34.4. The summed E-state index contributed by atoms with van der Waals surface area (Å²) < 4.78 is 9.57. The number of hydrogen-bond acceptors (Lipinski definition) is 9. The molecule has 0 unspecified atom stereocenters. The molecule has 308 valence electrons. The third-order valence-electron chi connectivity index (χ3n) is 11.6. The quantitative estimate of drug-likeness (QED) is 0.146. The van der Waals surface area contributed by atoms with Crippen molar-refractivity contribution in [1.82, 2.24) is 45.3 Å². The first-order chi connectivity index (χ1) is 27.9. The Hall–Kier alpha value is -5.70. The topological polar surface area (TPSA) is 178 Å². The number of methoxy groups -OCH3 is 2. The third kappa shape index (κ3) is 8.17. The summed E-state index contributed by atoms with van der Waals surface area (Å²) in [5, 5.41) is 5.43. The monoisotopic (exact) mass is 793 g/mol. The number of hydrogen-bond donors (Lipinski definition) is 4. The summed E-state index contributed by atoms with van der Waals surface area (Å²) in [7, 11) is 4.69. The van der Waals surface area contributed by atoms with Gasteiger partial charge in [0.25, 0.3) is 0 Å². The first kappa shape index (κ1) is 40.5. The first-order valence-corrected chi connectivity index (χ1v) is 20.2. The molecule has 3 aliphatic rings. The molecule has 7 rings (SSSR count). The molecule has 0 radical (unpaired) electrons. The van der Waals surface area contributed by atoms with Crippen molar-refractivity contribution in [3.05, 3.63) is 71.6 Å². The predicted octanol–water partition coefficient (Wildman–Crippen LogP) is 6.17. The van der Waals surface area contributed by atoms with Crippen molar-refractivity contribution in [1.29, 1.82) is 0 Å². The zero-order chi connectivity index (χ0) is 41.2. The lowest BCUT2D eigenvalue weighted by molar-refractivity contribution is -0.136. The lowest BCUT2D eigenvalue weighted by atomic mass is 9.96. The van der Waals surface area contributed by atoms with Gasteiger partial charge in [-0.1, -0.05) is 64.1 Å². The van der Waals surface area contributed by atoms with E-state index in [4.69, 9.17) is 19.4 Å². The van der Waals surface area contributed by atoms with E-state index in [9.17, 15) is 19.2 Å². The van der Waals surface area contributed by atoms with Crippen LogP contribution in [0.25, 0.3) is 33.6 Å². The maximum atomic E-state index is 13.8. The van der Waals surface area contributed by atoms with E-state index in [1.54, 1.807) is 0 Å². The van der Waals surface area contributed by atoms with Crippen LogP contribution in [-0.2, 0) is 32.2 Å². The van der Waals surface area contributed by atoms with Crippen LogP contribution in [0.5, 0.6) is 0 Å². The predicted molar refractivity (Wildman–Crippen MR) is 218 cm³/mol. The van der Waals surface area contributed by atoms with Crippen LogP contribution in [0.4, 0.5) is 9.59 Å². The Kier molecular flexibility index (Phi) is 11.9. The van der Waals surface area contributed by atoms with Crippen LogP contribution in [0.3, 0.4) is 0 Å². The molecule has 4 aromatic rings. The maximum Gasteiger partial charge on any atom is 0.407 e. The first-order valence-electron chi connectivity index (χ1n) is 20.2. The van der Waals surface area contributed by atoms with E-state index in [1.807, 2.05) is 43.7 Å². The molecule has 2 saturated heterocycles. The van der Waals surface area contributed by atoms with Gasteiger partial charge in [0.05, 0.1) is 49.6 Å². The maximum absolute atomic E-state index is 13.8. The highest BCUT2D eigenvalue weighted by molar-refractivity contribution is 5.87. The van der Waals surface area contributed by atoms with Gasteiger partial charge in [-0.2, -0.15) is 0 Å². The Morgan fingerprint density at radius 3 is 1.86 bits per heavy atom. The summed E-state index contributed by atoms with van der Waals surface area (Å²) in [6.45, 7) is 10.3. The number of alkyl carbamates (subject to hydrolysis) is 2. The molecule has 15 nitrogen and oxygen atoms in total. The Morgan fingerprint density at radius 1 is 0.741 bits per heavy atom. The molecule has 2 aromatic heterocycles. The minimum atomic E-state index is -0.695. The van der Waals surface area contributed by atoms with E-state index in [2.05, 4.69) is 75.0 Å². The van der Waals surface area contributed by atoms with Crippen LogP contribution in [0.1, 0.15) is 88.4 Å². The van der Waals surface area contributed by atoms with Crippen molar-refractivity contribution in [3.8, 4) is 33.6 Å². The third-order valence-corrected chi connectivity index (χ3v) is 11.6. The standard InChI is InChI=1S/C43H55N9O6/c1-24(2)35(48-42(55)57-6)40(53)51-18-8-10-33(51)38-44-21-31(45-38)27-14-12-26(13-15-27)28-16-17-30-29(20-28)22-50(5)23-32-37(30)47-39(46-32)34-11-9-19-52(34)41(54)36(25(3)4)49-43(56)58-7/h12-17,20-21,24-25,33-36H,8-11,18-19,22-23H2,1-7H3,(H,44,45)(H,46,47)(H,48,55)(H,49,56)/t33-,34+,35-,36-/m0/s1. The van der Waals surface area contributed by atoms with Crippen LogP contribution in [0, 0.1) is 11.8 Å². The number of nitrogens with zero attached hydrogens (tertiary/aromatic N) is 5. The number of fused-ring (bicyclic) bond motifs is 3. The summed E-state index contributed by atoms with van der Waals surface area (Å²) >= 11 is 0. The van der Waals surface area contributed by atoms with Gasteiger partial charge < -0.3 is 39.9 Å². The van der Waals surface area contributed by atoms with E-state index >= 15 is 0 Å². The van der Waals surface area contributed by atoms with Crippen molar-refractivity contribution in [3.63, 3.8) is 0 Å². The molecule has 0 saturated carbocycles. The van der Waals surface area contributed by atoms with Gasteiger partial charge in [-0.3, -0.25) is 14.5 Å². The van der Waals surface area contributed by atoms with E-state index in [-0.39, 0.29) is 35.7 Å². The molecule has 4 amide bonds. The number of ether oxygens (including phenoxy) is 2.